The molecule has 0 aliphatic heterocycles. The molecule has 1 aliphatic rings. The Kier molecular flexibility index (Phi) is 4.02. The van der Waals surface area contributed by atoms with Gasteiger partial charge in [0.25, 0.3) is 5.91 Å². The van der Waals surface area contributed by atoms with Crippen LogP contribution < -0.4 is 5.32 Å². The van der Waals surface area contributed by atoms with Crippen LogP contribution in [-0.4, -0.2) is 11.9 Å². The Bertz CT molecular complexity index is 473. The van der Waals surface area contributed by atoms with Gasteiger partial charge in [-0.3, -0.25) is 4.79 Å². The number of rotatable bonds is 2. The standard InChI is InChI=1S/C14H17BrClNO/c1-14(2)7-6-9(8-14)17-13(18)10-4-3-5-11(15)12(10)16/h3-5,9H,6-8H2,1-2H3,(H,17,18). The molecule has 1 N–H and O–H groups in total. The lowest BCUT2D eigenvalue weighted by atomic mass is 9.92. The van der Waals surface area contributed by atoms with Gasteiger partial charge in [0.15, 0.2) is 0 Å². The second-order valence-corrected chi connectivity index (χ2v) is 6.91. The molecule has 1 aromatic rings. The minimum atomic E-state index is -0.0796. The number of hydrogen-bond donors (Lipinski definition) is 1. The Morgan fingerprint density at radius 1 is 1.50 bits per heavy atom. The molecule has 1 aliphatic carbocycles. The maximum Gasteiger partial charge on any atom is 0.253 e. The lowest BCUT2D eigenvalue weighted by Crippen LogP contribution is -2.33. The summed E-state index contributed by atoms with van der Waals surface area (Å²) in [5, 5.41) is 3.55. The summed E-state index contributed by atoms with van der Waals surface area (Å²) in [4.78, 5) is 12.2. The highest BCUT2D eigenvalue weighted by Crippen LogP contribution is 2.37. The number of carbonyl (C=O) groups is 1. The van der Waals surface area contributed by atoms with E-state index in [1.165, 1.54) is 0 Å². The van der Waals surface area contributed by atoms with Crippen LogP contribution in [0, 0.1) is 5.41 Å². The normalized spacial score (nSPS) is 21.9. The molecule has 0 saturated heterocycles. The maximum absolute atomic E-state index is 12.2. The molecule has 0 aromatic heterocycles. The third kappa shape index (κ3) is 3.07. The molecule has 2 nitrogen and oxygen atoms in total. The summed E-state index contributed by atoms with van der Waals surface area (Å²) in [5.41, 5.74) is 0.870. The van der Waals surface area contributed by atoms with Crippen molar-refractivity contribution in [2.75, 3.05) is 0 Å². The second-order valence-electron chi connectivity index (χ2n) is 5.68. The maximum atomic E-state index is 12.2. The predicted octanol–water partition coefficient (Wildman–Crippen LogP) is 4.41. The van der Waals surface area contributed by atoms with E-state index in [4.69, 9.17) is 11.6 Å². The largest absolute Gasteiger partial charge is 0.349 e. The molecule has 0 spiro atoms. The van der Waals surface area contributed by atoms with Crippen molar-refractivity contribution in [3.63, 3.8) is 0 Å². The van der Waals surface area contributed by atoms with Crippen molar-refractivity contribution >= 4 is 33.4 Å². The van der Waals surface area contributed by atoms with Crippen LogP contribution in [-0.2, 0) is 0 Å². The average Bonchev–Trinajstić information content (AvgIpc) is 2.62. The lowest BCUT2D eigenvalue weighted by molar-refractivity contribution is 0.0936. The Hall–Kier alpha value is -0.540. The molecule has 1 amide bonds. The number of amides is 1. The summed E-state index contributed by atoms with van der Waals surface area (Å²) in [5.74, 6) is -0.0796. The highest BCUT2D eigenvalue weighted by Gasteiger charge is 2.32. The van der Waals surface area contributed by atoms with Crippen LogP contribution in [0.1, 0.15) is 43.5 Å². The van der Waals surface area contributed by atoms with Gasteiger partial charge in [0, 0.05) is 10.5 Å². The molecule has 98 valence electrons. The summed E-state index contributed by atoms with van der Waals surface area (Å²) in [6.07, 6.45) is 3.24. The fourth-order valence-electron chi connectivity index (χ4n) is 2.50. The molecule has 0 heterocycles. The predicted molar refractivity (Wildman–Crippen MR) is 78.0 cm³/mol. The van der Waals surface area contributed by atoms with Crippen molar-refractivity contribution in [3.05, 3.63) is 33.3 Å². The number of benzene rings is 1. The fraction of sp³-hybridized carbons (Fsp3) is 0.500. The molecule has 1 aromatic carbocycles. The van der Waals surface area contributed by atoms with E-state index in [-0.39, 0.29) is 11.9 Å². The van der Waals surface area contributed by atoms with Gasteiger partial charge in [-0.2, -0.15) is 0 Å². The van der Waals surface area contributed by atoms with Crippen molar-refractivity contribution in [2.45, 2.75) is 39.2 Å². The quantitative estimate of drug-likeness (QED) is 0.855. The van der Waals surface area contributed by atoms with Crippen molar-refractivity contribution in [3.8, 4) is 0 Å². The first-order valence-corrected chi connectivity index (χ1v) is 7.31. The van der Waals surface area contributed by atoms with E-state index in [2.05, 4.69) is 35.1 Å². The average molecular weight is 331 g/mol. The topological polar surface area (TPSA) is 29.1 Å². The molecular weight excluding hydrogens is 314 g/mol. The van der Waals surface area contributed by atoms with Crippen LogP contribution in [0.15, 0.2) is 22.7 Å². The molecule has 0 radical (unpaired) electrons. The Balaban J connectivity index is 2.07. The highest BCUT2D eigenvalue weighted by atomic mass is 79.9. The monoisotopic (exact) mass is 329 g/mol. The minimum Gasteiger partial charge on any atom is -0.349 e. The van der Waals surface area contributed by atoms with E-state index in [9.17, 15) is 4.79 Å². The molecule has 1 unspecified atom stereocenters. The van der Waals surface area contributed by atoms with Gasteiger partial charge >= 0.3 is 0 Å². The smallest absolute Gasteiger partial charge is 0.253 e. The van der Waals surface area contributed by atoms with Crippen molar-refractivity contribution in [2.24, 2.45) is 5.41 Å². The van der Waals surface area contributed by atoms with Crippen LogP contribution in [0.5, 0.6) is 0 Å². The summed E-state index contributed by atoms with van der Waals surface area (Å²) in [6, 6.07) is 5.67. The van der Waals surface area contributed by atoms with Crippen LogP contribution in [0.25, 0.3) is 0 Å². The SMILES string of the molecule is CC1(C)CCC(NC(=O)c2cccc(Br)c2Cl)C1. The van der Waals surface area contributed by atoms with Gasteiger partial charge in [0.05, 0.1) is 10.6 Å². The van der Waals surface area contributed by atoms with Gasteiger partial charge in [-0.15, -0.1) is 0 Å². The van der Waals surface area contributed by atoms with Crippen molar-refractivity contribution < 1.29 is 4.79 Å². The van der Waals surface area contributed by atoms with E-state index < -0.39 is 0 Å². The minimum absolute atomic E-state index is 0.0796. The van der Waals surface area contributed by atoms with Gasteiger partial charge in [0.1, 0.15) is 0 Å². The molecule has 2 rings (SSSR count). The van der Waals surface area contributed by atoms with Crippen LogP contribution in [0.3, 0.4) is 0 Å². The van der Waals surface area contributed by atoms with Gasteiger partial charge in [0.2, 0.25) is 0 Å². The summed E-state index contributed by atoms with van der Waals surface area (Å²) >= 11 is 9.46. The first-order valence-electron chi connectivity index (χ1n) is 6.14. The first kappa shape index (κ1) is 13.9. The van der Waals surface area contributed by atoms with Crippen LogP contribution >= 0.6 is 27.5 Å². The lowest BCUT2D eigenvalue weighted by Gasteiger charge is -2.18. The fourth-order valence-corrected chi connectivity index (χ4v) is 3.08. The Morgan fingerprint density at radius 2 is 2.22 bits per heavy atom. The van der Waals surface area contributed by atoms with Gasteiger partial charge in [-0.1, -0.05) is 31.5 Å². The molecular formula is C14H17BrClNO. The summed E-state index contributed by atoms with van der Waals surface area (Å²) in [7, 11) is 0. The summed E-state index contributed by atoms with van der Waals surface area (Å²) in [6.45, 7) is 4.48. The molecule has 1 fully saturated rings. The third-order valence-electron chi connectivity index (χ3n) is 3.50. The zero-order valence-corrected chi connectivity index (χ0v) is 12.9. The molecule has 4 heteroatoms. The van der Waals surface area contributed by atoms with Gasteiger partial charge in [-0.25, -0.2) is 0 Å². The number of carbonyl (C=O) groups excluding carboxylic acids is 1. The van der Waals surface area contributed by atoms with Crippen LogP contribution in [0.2, 0.25) is 5.02 Å². The first-order chi connectivity index (χ1) is 8.39. The van der Waals surface area contributed by atoms with Gasteiger partial charge in [-0.05, 0) is 52.7 Å². The van der Waals surface area contributed by atoms with E-state index in [1.807, 2.05) is 12.1 Å². The highest BCUT2D eigenvalue weighted by molar-refractivity contribution is 9.10. The molecule has 0 bridgehead atoms. The van der Waals surface area contributed by atoms with Crippen molar-refractivity contribution in [1.29, 1.82) is 0 Å². The zero-order valence-electron chi connectivity index (χ0n) is 10.6. The van der Waals surface area contributed by atoms with E-state index >= 15 is 0 Å². The van der Waals surface area contributed by atoms with Gasteiger partial charge < -0.3 is 5.32 Å². The van der Waals surface area contributed by atoms with Crippen molar-refractivity contribution in [1.82, 2.24) is 5.32 Å². The Morgan fingerprint density at radius 3 is 2.83 bits per heavy atom. The second kappa shape index (κ2) is 5.22. The molecule has 1 atom stereocenters. The Labute approximate surface area is 121 Å². The zero-order chi connectivity index (χ0) is 13.3. The van der Waals surface area contributed by atoms with E-state index in [1.54, 1.807) is 6.07 Å². The number of nitrogens with one attached hydrogen (secondary N) is 1. The molecule has 18 heavy (non-hydrogen) atoms. The number of hydrogen-bond acceptors (Lipinski definition) is 1. The number of halogens is 2. The summed E-state index contributed by atoms with van der Waals surface area (Å²) < 4.78 is 0.753. The van der Waals surface area contributed by atoms with Crippen LogP contribution in [0.4, 0.5) is 0 Å². The van der Waals surface area contributed by atoms with E-state index in [0.29, 0.717) is 16.0 Å². The molecule has 1 saturated carbocycles. The third-order valence-corrected chi connectivity index (χ3v) is 4.80. The van der Waals surface area contributed by atoms with E-state index in [0.717, 1.165) is 23.7 Å².